The first kappa shape index (κ1) is 12.3. The molecule has 0 bridgehead atoms. The number of aryl methyl sites for hydroxylation is 3. The van der Waals surface area contributed by atoms with Crippen LogP contribution in [0.15, 0.2) is 22.9 Å². The second-order valence-corrected chi connectivity index (χ2v) is 5.26. The van der Waals surface area contributed by atoms with Gasteiger partial charge in [0.2, 0.25) is 0 Å². The summed E-state index contributed by atoms with van der Waals surface area (Å²) in [5.41, 5.74) is 11.1. The zero-order chi connectivity index (χ0) is 12.6. The Balaban J connectivity index is 2.47. The lowest BCUT2D eigenvalue weighted by Gasteiger charge is -2.16. The van der Waals surface area contributed by atoms with E-state index in [9.17, 15) is 0 Å². The number of aromatic nitrogens is 2. The van der Waals surface area contributed by atoms with Gasteiger partial charge >= 0.3 is 0 Å². The summed E-state index contributed by atoms with van der Waals surface area (Å²) < 4.78 is 0.852. The van der Waals surface area contributed by atoms with E-state index in [4.69, 9.17) is 5.73 Å². The molecule has 4 heteroatoms. The van der Waals surface area contributed by atoms with Crippen LogP contribution in [0.3, 0.4) is 0 Å². The van der Waals surface area contributed by atoms with E-state index in [1.54, 1.807) is 6.20 Å². The largest absolute Gasteiger partial charge is 0.335 e. The predicted molar refractivity (Wildman–Crippen MR) is 73.0 cm³/mol. The second kappa shape index (κ2) is 4.63. The van der Waals surface area contributed by atoms with Gasteiger partial charge < -0.3 is 10.7 Å². The molecule has 0 aliphatic rings. The minimum absolute atomic E-state index is 0.207. The highest BCUT2D eigenvalue weighted by Gasteiger charge is 2.17. The van der Waals surface area contributed by atoms with Crippen molar-refractivity contribution in [3.63, 3.8) is 0 Å². The van der Waals surface area contributed by atoms with E-state index in [1.165, 1.54) is 16.7 Å². The van der Waals surface area contributed by atoms with Crippen LogP contribution in [-0.2, 0) is 0 Å². The van der Waals surface area contributed by atoms with Crippen molar-refractivity contribution in [2.45, 2.75) is 26.8 Å². The topological polar surface area (TPSA) is 54.7 Å². The van der Waals surface area contributed by atoms with E-state index >= 15 is 0 Å². The molecule has 1 aromatic carbocycles. The molecule has 0 saturated heterocycles. The van der Waals surface area contributed by atoms with Crippen LogP contribution in [0.2, 0.25) is 0 Å². The minimum atomic E-state index is -0.207. The molecule has 1 aromatic heterocycles. The Hall–Kier alpha value is -1.13. The standard InChI is InChI=1S/C13H16BrN3/c1-7-4-8(2)11(9(3)5-7)12(15)13-16-6-10(14)17-13/h4-6,12H,15H2,1-3H3,(H,16,17). The third-order valence-corrected chi connectivity index (χ3v) is 3.31. The van der Waals surface area contributed by atoms with Crippen molar-refractivity contribution in [3.8, 4) is 0 Å². The molecule has 0 saturated carbocycles. The van der Waals surface area contributed by atoms with E-state index in [1.807, 2.05) is 0 Å². The Morgan fingerprint density at radius 1 is 1.24 bits per heavy atom. The van der Waals surface area contributed by atoms with Crippen LogP contribution in [0.4, 0.5) is 0 Å². The van der Waals surface area contributed by atoms with Crippen LogP contribution in [-0.4, -0.2) is 9.97 Å². The molecule has 0 aliphatic heterocycles. The predicted octanol–water partition coefficient (Wildman–Crippen LogP) is 3.15. The molecule has 1 atom stereocenters. The zero-order valence-electron chi connectivity index (χ0n) is 10.2. The molecule has 2 rings (SSSR count). The number of H-pyrrole nitrogens is 1. The SMILES string of the molecule is Cc1cc(C)c(C(N)c2ncc(Br)[nH]2)c(C)c1. The number of aromatic amines is 1. The summed E-state index contributed by atoms with van der Waals surface area (Å²) >= 11 is 3.35. The van der Waals surface area contributed by atoms with Gasteiger partial charge in [-0.2, -0.15) is 0 Å². The molecule has 1 heterocycles. The maximum Gasteiger partial charge on any atom is 0.128 e. The number of imidazole rings is 1. The fraction of sp³-hybridized carbons (Fsp3) is 0.308. The van der Waals surface area contributed by atoms with E-state index in [0.29, 0.717) is 0 Å². The van der Waals surface area contributed by atoms with Crippen molar-refractivity contribution in [2.75, 3.05) is 0 Å². The van der Waals surface area contributed by atoms with Crippen molar-refractivity contribution in [1.29, 1.82) is 0 Å². The first-order valence-electron chi connectivity index (χ1n) is 5.52. The van der Waals surface area contributed by atoms with Gasteiger partial charge in [-0.25, -0.2) is 4.98 Å². The van der Waals surface area contributed by atoms with Crippen molar-refractivity contribution in [3.05, 3.63) is 51.0 Å². The Labute approximate surface area is 110 Å². The second-order valence-electron chi connectivity index (χ2n) is 4.41. The van der Waals surface area contributed by atoms with Gasteiger partial charge in [-0.1, -0.05) is 17.7 Å². The number of benzene rings is 1. The fourth-order valence-corrected chi connectivity index (χ4v) is 2.60. The Morgan fingerprint density at radius 2 is 1.82 bits per heavy atom. The number of rotatable bonds is 2. The molecule has 0 fully saturated rings. The number of nitrogens with one attached hydrogen (secondary N) is 1. The van der Waals surface area contributed by atoms with Gasteiger partial charge in [0.25, 0.3) is 0 Å². The summed E-state index contributed by atoms with van der Waals surface area (Å²) in [6.07, 6.45) is 1.73. The van der Waals surface area contributed by atoms with Gasteiger partial charge in [0, 0.05) is 0 Å². The van der Waals surface area contributed by atoms with Crippen LogP contribution in [0.25, 0.3) is 0 Å². The number of hydrogen-bond acceptors (Lipinski definition) is 2. The average Bonchev–Trinajstić information content (AvgIpc) is 2.63. The lowest BCUT2D eigenvalue weighted by molar-refractivity contribution is 0.785. The van der Waals surface area contributed by atoms with Crippen molar-refractivity contribution >= 4 is 15.9 Å². The van der Waals surface area contributed by atoms with Crippen LogP contribution in [0, 0.1) is 20.8 Å². The molecule has 0 amide bonds. The quantitative estimate of drug-likeness (QED) is 0.894. The maximum atomic E-state index is 6.27. The molecule has 0 spiro atoms. The summed E-state index contributed by atoms with van der Waals surface area (Å²) in [7, 11) is 0. The summed E-state index contributed by atoms with van der Waals surface area (Å²) in [5, 5.41) is 0. The van der Waals surface area contributed by atoms with Crippen LogP contribution in [0.5, 0.6) is 0 Å². The molecular formula is C13H16BrN3. The van der Waals surface area contributed by atoms with E-state index in [0.717, 1.165) is 16.0 Å². The van der Waals surface area contributed by atoms with Crippen LogP contribution >= 0.6 is 15.9 Å². The van der Waals surface area contributed by atoms with E-state index in [2.05, 4.69) is 58.8 Å². The number of nitrogens with zero attached hydrogens (tertiary/aromatic N) is 1. The molecule has 0 radical (unpaired) electrons. The number of halogens is 1. The first-order chi connectivity index (χ1) is 7.99. The number of hydrogen-bond donors (Lipinski definition) is 2. The highest BCUT2D eigenvalue weighted by atomic mass is 79.9. The summed E-state index contributed by atoms with van der Waals surface area (Å²) in [6.45, 7) is 6.28. The van der Waals surface area contributed by atoms with Crippen molar-refractivity contribution in [1.82, 2.24) is 9.97 Å². The van der Waals surface area contributed by atoms with Gasteiger partial charge in [-0.3, -0.25) is 0 Å². The lowest BCUT2D eigenvalue weighted by atomic mass is 9.94. The Bertz CT molecular complexity index is 522. The minimum Gasteiger partial charge on any atom is -0.335 e. The Kier molecular flexibility index (Phi) is 3.35. The highest BCUT2D eigenvalue weighted by molar-refractivity contribution is 9.10. The van der Waals surface area contributed by atoms with E-state index < -0.39 is 0 Å². The molecule has 0 aliphatic carbocycles. The van der Waals surface area contributed by atoms with Gasteiger partial charge in [-0.15, -0.1) is 0 Å². The average molecular weight is 294 g/mol. The van der Waals surface area contributed by atoms with Gasteiger partial charge in [0.1, 0.15) is 10.4 Å². The molecular weight excluding hydrogens is 278 g/mol. The third kappa shape index (κ3) is 2.42. The highest BCUT2D eigenvalue weighted by Crippen LogP contribution is 2.26. The van der Waals surface area contributed by atoms with Crippen molar-refractivity contribution < 1.29 is 0 Å². The Morgan fingerprint density at radius 3 is 2.29 bits per heavy atom. The maximum absolute atomic E-state index is 6.27. The zero-order valence-corrected chi connectivity index (χ0v) is 11.8. The lowest BCUT2D eigenvalue weighted by Crippen LogP contribution is -2.16. The molecule has 1 unspecified atom stereocenters. The summed E-state index contributed by atoms with van der Waals surface area (Å²) in [5.74, 6) is 0.784. The summed E-state index contributed by atoms with van der Waals surface area (Å²) in [4.78, 5) is 7.39. The molecule has 2 aromatic rings. The third-order valence-electron chi connectivity index (χ3n) is 2.91. The van der Waals surface area contributed by atoms with E-state index in [-0.39, 0.29) is 6.04 Å². The van der Waals surface area contributed by atoms with Gasteiger partial charge in [0.15, 0.2) is 0 Å². The van der Waals surface area contributed by atoms with Crippen LogP contribution < -0.4 is 5.73 Å². The first-order valence-corrected chi connectivity index (χ1v) is 6.32. The number of nitrogens with two attached hydrogens (primary N) is 1. The molecule has 90 valence electrons. The molecule has 3 N–H and O–H groups in total. The monoisotopic (exact) mass is 293 g/mol. The van der Waals surface area contributed by atoms with Crippen LogP contribution in [0.1, 0.15) is 34.1 Å². The molecule has 17 heavy (non-hydrogen) atoms. The van der Waals surface area contributed by atoms with Gasteiger partial charge in [0.05, 0.1) is 12.2 Å². The van der Waals surface area contributed by atoms with Crippen molar-refractivity contribution in [2.24, 2.45) is 5.73 Å². The summed E-state index contributed by atoms with van der Waals surface area (Å²) in [6, 6.07) is 4.10. The molecule has 3 nitrogen and oxygen atoms in total. The van der Waals surface area contributed by atoms with Gasteiger partial charge in [-0.05, 0) is 53.4 Å². The normalized spacial score (nSPS) is 12.8. The fourth-order valence-electron chi connectivity index (χ4n) is 2.29. The smallest absolute Gasteiger partial charge is 0.128 e.